The third-order valence-electron chi connectivity index (χ3n) is 2.30. The second-order valence-electron chi connectivity index (χ2n) is 4.03. The van der Waals surface area contributed by atoms with Crippen LogP contribution in [0, 0.1) is 13.8 Å². The second-order valence-corrected chi connectivity index (χ2v) is 4.03. The molecular weight excluding hydrogens is 224 g/mol. The molecule has 16 heavy (non-hydrogen) atoms. The van der Waals surface area contributed by atoms with Crippen molar-refractivity contribution >= 4 is 24.0 Å². The number of carbonyl (C=O) groups excluding carboxylic acids is 1. The highest BCUT2D eigenvalue weighted by Crippen LogP contribution is 2.14. The number of hydrogen-bond donors (Lipinski definition) is 2. The first-order chi connectivity index (χ1) is 6.99. The first-order valence-electron chi connectivity index (χ1n) is 5.11. The van der Waals surface area contributed by atoms with Gasteiger partial charge in [-0.3, -0.25) is 4.79 Å². The normalized spacial score (nSPS) is 11.5. The van der Waals surface area contributed by atoms with Crippen molar-refractivity contribution in [2.45, 2.75) is 33.2 Å². The first kappa shape index (κ1) is 14.9. The number of carbonyl (C=O) groups is 1. The van der Waals surface area contributed by atoms with Gasteiger partial charge in [0, 0.05) is 18.2 Å². The Morgan fingerprint density at radius 2 is 2.00 bits per heavy atom. The van der Waals surface area contributed by atoms with Crippen molar-refractivity contribution in [2.75, 3.05) is 5.32 Å². The van der Waals surface area contributed by atoms with E-state index in [1.54, 1.807) is 0 Å². The fourth-order valence-corrected chi connectivity index (χ4v) is 1.32. The Balaban J connectivity index is 0.00000225. The van der Waals surface area contributed by atoms with Crippen molar-refractivity contribution in [1.82, 2.24) is 0 Å². The Morgan fingerprint density at radius 3 is 2.50 bits per heavy atom. The van der Waals surface area contributed by atoms with Crippen LogP contribution in [-0.2, 0) is 4.79 Å². The predicted molar refractivity (Wildman–Crippen MR) is 70.1 cm³/mol. The average molecular weight is 243 g/mol. The maximum Gasteiger partial charge on any atom is 0.225 e. The number of aryl methyl sites for hydroxylation is 2. The molecule has 0 heterocycles. The molecule has 3 N–H and O–H groups in total. The highest BCUT2D eigenvalue weighted by atomic mass is 35.5. The molecule has 1 unspecified atom stereocenters. The van der Waals surface area contributed by atoms with Crippen LogP contribution in [0.1, 0.15) is 24.5 Å². The largest absolute Gasteiger partial charge is 0.327 e. The quantitative estimate of drug-likeness (QED) is 0.855. The van der Waals surface area contributed by atoms with E-state index in [-0.39, 0.29) is 24.4 Å². The molecule has 1 aromatic rings. The van der Waals surface area contributed by atoms with Gasteiger partial charge >= 0.3 is 0 Å². The fourth-order valence-electron chi connectivity index (χ4n) is 1.32. The Labute approximate surface area is 103 Å². The number of anilines is 1. The fraction of sp³-hybridized carbons (Fsp3) is 0.417. The van der Waals surface area contributed by atoms with Gasteiger partial charge in [0.1, 0.15) is 0 Å². The lowest BCUT2D eigenvalue weighted by Gasteiger charge is -2.08. The van der Waals surface area contributed by atoms with Gasteiger partial charge in [-0.05, 0) is 44.0 Å². The lowest BCUT2D eigenvalue weighted by Crippen LogP contribution is -2.23. The van der Waals surface area contributed by atoms with E-state index in [4.69, 9.17) is 5.73 Å². The first-order valence-corrected chi connectivity index (χ1v) is 5.11. The maximum absolute atomic E-state index is 11.4. The van der Waals surface area contributed by atoms with Crippen LogP contribution in [0.15, 0.2) is 18.2 Å². The van der Waals surface area contributed by atoms with E-state index in [0.29, 0.717) is 6.42 Å². The lowest BCUT2D eigenvalue weighted by molar-refractivity contribution is -0.116. The highest BCUT2D eigenvalue weighted by Gasteiger charge is 2.05. The van der Waals surface area contributed by atoms with Gasteiger partial charge in [-0.25, -0.2) is 0 Å². The van der Waals surface area contributed by atoms with Crippen LogP contribution in [0.25, 0.3) is 0 Å². The minimum absolute atomic E-state index is 0. The Morgan fingerprint density at radius 1 is 1.38 bits per heavy atom. The van der Waals surface area contributed by atoms with Crippen LogP contribution in [-0.4, -0.2) is 11.9 Å². The summed E-state index contributed by atoms with van der Waals surface area (Å²) in [5, 5.41) is 2.82. The molecular formula is C12H19ClN2O. The van der Waals surface area contributed by atoms with Crippen LogP contribution >= 0.6 is 12.4 Å². The summed E-state index contributed by atoms with van der Waals surface area (Å²) in [5.41, 5.74) is 8.77. The molecule has 90 valence electrons. The molecule has 1 aromatic carbocycles. The molecule has 3 nitrogen and oxygen atoms in total. The standard InChI is InChI=1S/C12H18N2O.ClH/c1-8-4-5-11(6-9(8)2)14-12(15)7-10(3)13;/h4-6,10H,7,13H2,1-3H3,(H,14,15);1H. The minimum atomic E-state index is -0.100. The monoisotopic (exact) mass is 242 g/mol. The summed E-state index contributed by atoms with van der Waals surface area (Å²) < 4.78 is 0. The maximum atomic E-state index is 11.4. The molecule has 1 atom stereocenters. The van der Waals surface area contributed by atoms with Crippen molar-refractivity contribution in [3.63, 3.8) is 0 Å². The molecule has 0 spiro atoms. The zero-order chi connectivity index (χ0) is 11.4. The van der Waals surface area contributed by atoms with Gasteiger partial charge in [0.15, 0.2) is 0 Å². The van der Waals surface area contributed by atoms with Crippen molar-refractivity contribution in [3.8, 4) is 0 Å². The molecule has 0 saturated carbocycles. The van der Waals surface area contributed by atoms with Crippen molar-refractivity contribution < 1.29 is 4.79 Å². The molecule has 0 radical (unpaired) electrons. The summed E-state index contributed by atoms with van der Waals surface area (Å²) >= 11 is 0. The number of nitrogens with two attached hydrogens (primary N) is 1. The molecule has 1 amide bonds. The predicted octanol–water partition coefficient (Wildman–Crippen LogP) is 2.40. The van der Waals surface area contributed by atoms with Crippen molar-refractivity contribution in [2.24, 2.45) is 5.73 Å². The molecule has 0 aliphatic rings. The van der Waals surface area contributed by atoms with Crippen LogP contribution in [0.5, 0.6) is 0 Å². The molecule has 0 bridgehead atoms. The molecule has 0 aromatic heterocycles. The zero-order valence-corrected chi connectivity index (χ0v) is 10.7. The van der Waals surface area contributed by atoms with Gasteiger partial charge in [-0.15, -0.1) is 12.4 Å². The molecule has 0 aliphatic heterocycles. The molecule has 0 aliphatic carbocycles. The topological polar surface area (TPSA) is 55.1 Å². The SMILES string of the molecule is Cc1ccc(NC(=O)CC(C)N)cc1C.Cl. The van der Waals surface area contributed by atoms with Crippen LogP contribution in [0.3, 0.4) is 0 Å². The molecule has 0 fully saturated rings. The van der Waals surface area contributed by atoms with Crippen molar-refractivity contribution in [1.29, 1.82) is 0 Å². The second kappa shape index (κ2) is 6.51. The van der Waals surface area contributed by atoms with Crippen LogP contribution in [0.4, 0.5) is 5.69 Å². The van der Waals surface area contributed by atoms with Gasteiger partial charge in [0.25, 0.3) is 0 Å². The summed E-state index contributed by atoms with van der Waals surface area (Å²) in [7, 11) is 0. The zero-order valence-electron chi connectivity index (χ0n) is 9.91. The van der Waals surface area contributed by atoms with Gasteiger partial charge in [0.05, 0.1) is 0 Å². The smallest absolute Gasteiger partial charge is 0.225 e. The summed E-state index contributed by atoms with van der Waals surface area (Å²) in [4.78, 5) is 11.4. The van der Waals surface area contributed by atoms with E-state index in [1.807, 2.05) is 39.0 Å². The average Bonchev–Trinajstić information content (AvgIpc) is 2.10. The van der Waals surface area contributed by atoms with Crippen molar-refractivity contribution in [3.05, 3.63) is 29.3 Å². The van der Waals surface area contributed by atoms with E-state index < -0.39 is 0 Å². The summed E-state index contributed by atoms with van der Waals surface area (Å²) in [6.07, 6.45) is 0.354. The third kappa shape index (κ3) is 4.64. The number of nitrogens with one attached hydrogen (secondary N) is 1. The Bertz CT molecular complexity index is 364. The summed E-state index contributed by atoms with van der Waals surface area (Å²) in [6, 6.07) is 5.77. The van der Waals surface area contributed by atoms with Gasteiger partial charge in [-0.2, -0.15) is 0 Å². The number of rotatable bonds is 3. The lowest BCUT2D eigenvalue weighted by atomic mass is 10.1. The van der Waals surface area contributed by atoms with E-state index in [1.165, 1.54) is 11.1 Å². The summed E-state index contributed by atoms with van der Waals surface area (Å²) in [5.74, 6) is -0.0340. The third-order valence-corrected chi connectivity index (χ3v) is 2.30. The van der Waals surface area contributed by atoms with E-state index in [0.717, 1.165) is 5.69 Å². The van der Waals surface area contributed by atoms with Gasteiger partial charge < -0.3 is 11.1 Å². The molecule has 0 saturated heterocycles. The minimum Gasteiger partial charge on any atom is -0.327 e. The Hall–Kier alpha value is -1.06. The molecule has 4 heteroatoms. The van der Waals surface area contributed by atoms with E-state index in [2.05, 4.69) is 5.32 Å². The Kier molecular flexibility index (Phi) is 6.08. The van der Waals surface area contributed by atoms with Crippen LogP contribution in [0.2, 0.25) is 0 Å². The summed E-state index contributed by atoms with van der Waals surface area (Å²) in [6.45, 7) is 5.89. The number of amides is 1. The molecule has 1 rings (SSSR count). The van der Waals surface area contributed by atoms with Crippen LogP contribution < -0.4 is 11.1 Å². The number of halogens is 1. The highest BCUT2D eigenvalue weighted by molar-refractivity contribution is 5.91. The van der Waals surface area contributed by atoms with Gasteiger partial charge in [0.2, 0.25) is 5.91 Å². The number of benzene rings is 1. The number of hydrogen-bond acceptors (Lipinski definition) is 2. The van der Waals surface area contributed by atoms with E-state index >= 15 is 0 Å². The van der Waals surface area contributed by atoms with Gasteiger partial charge in [-0.1, -0.05) is 6.07 Å². The van der Waals surface area contributed by atoms with E-state index in [9.17, 15) is 4.79 Å².